The fourth-order valence-electron chi connectivity index (χ4n) is 4.63. The highest BCUT2D eigenvalue weighted by Gasteiger charge is 2.32. The highest BCUT2D eigenvalue weighted by Crippen LogP contribution is 2.37. The quantitative estimate of drug-likeness (QED) is 0.244. The molecule has 0 fully saturated rings. The largest absolute Gasteiger partial charge is 0.497 e. The number of nitrogens with one attached hydrogen (secondary N) is 1. The van der Waals surface area contributed by atoms with Crippen molar-refractivity contribution < 1.29 is 32.2 Å². The number of methoxy groups -OCH3 is 4. The van der Waals surface area contributed by atoms with Crippen molar-refractivity contribution in [2.75, 3.05) is 39.3 Å². The Morgan fingerprint density at radius 1 is 0.762 bits per heavy atom. The van der Waals surface area contributed by atoms with Crippen LogP contribution in [0.3, 0.4) is 0 Å². The fourth-order valence-corrected chi connectivity index (χ4v) is 6.07. The van der Waals surface area contributed by atoms with Crippen LogP contribution in [0.5, 0.6) is 23.0 Å². The van der Waals surface area contributed by atoms with E-state index >= 15 is 0 Å². The van der Waals surface area contributed by atoms with Crippen molar-refractivity contribution in [2.24, 2.45) is 0 Å². The van der Waals surface area contributed by atoms with Gasteiger partial charge in [-0.1, -0.05) is 54.6 Å². The smallest absolute Gasteiger partial charge is 0.265 e. The topological polar surface area (TPSA) is 103 Å². The zero-order valence-electron chi connectivity index (χ0n) is 24.2. The third kappa shape index (κ3) is 6.44. The molecule has 42 heavy (non-hydrogen) atoms. The summed E-state index contributed by atoms with van der Waals surface area (Å²) in [6, 6.07) is 25.7. The summed E-state index contributed by atoms with van der Waals surface area (Å²) in [5, 5.41) is 3.06. The summed E-state index contributed by atoms with van der Waals surface area (Å²) in [5.41, 5.74) is 2.86. The Balaban J connectivity index is 1.80. The Morgan fingerprint density at radius 3 is 2.05 bits per heavy atom. The minimum atomic E-state index is -4.34. The monoisotopic (exact) mass is 590 g/mol. The third-order valence-corrected chi connectivity index (χ3v) is 8.58. The van der Waals surface area contributed by atoms with E-state index < -0.39 is 28.5 Å². The predicted molar refractivity (Wildman–Crippen MR) is 161 cm³/mol. The second-order valence-electron chi connectivity index (χ2n) is 9.33. The minimum Gasteiger partial charge on any atom is -0.497 e. The van der Waals surface area contributed by atoms with Crippen LogP contribution in [0.2, 0.25) is 0 Å². The van der Waals surface area contributed by atoms with Crippen LogP contribution in [0.1, 0.15) is 22.7 Å². The predicted octanol–water partition coefficient (Wildman–Crippen LogP) is 5.13. The van der Waals surface area contributed by atoms with E-state index in [0.717, 1.165) is 21.0 Å². The van der Waals surface area contributed by atoms with Gasteiger partial charge in [0.1, 0.15) is 18.0 Å². The number of amides is 1. The van der Waals surface area contributed by atoms with Gasteiger partial charge in [0, 0.05) is 12.1 Å². The van der Waals surface area contributed by atoms with Gasteiger partial charge in [-0.15, -0.1) is 0 Å². The molecule has 4 aromatic rings. The van der Waals surface area contributed by atoms with Gasteiger partial charge in [0.15, 0.2) is 11.5 Å². The van der Waals surface area contributed by atoms with Crippen LogP contribution in [0.25, 0.3) is 0 Å². The lowest BCUT2D eigenvalue weighted by atomic mass is 9.95. The van der Waals surface area contributed by atoms with Crippen LogP contribution >= 0.6 is 0 Å². The van der Waals surface area contributed by atoms with Crippen molar-refractivity contribution in [1.29, 1.82) is 0 Å². The maximum atomic E-state index is 14.2. The minimum absolute atomic E-state index is 0.101. The van der Waals surface area contributed by atoms with E-state index in [1.165, 1.54) is 52.7 Å². The lowest BCUT2D eigenvalue weighted by molar-refractivity contribution is -0.120. The summed E-state index contributed by atoms with van der Waals surface area (Å²) in [6.07, 6.45) is 0. The van der Waals surface area contributed by atoms with Gasteiger partial charge in [-0.2, -0.15) is 0 Å². The van der Waals surface area contributed by atoms with Gasteiger partial charge >= 0.3 is 0 Å². The molecule has 10 heteroatoms. The van der Waals surface area contributed by atoms with Gasteiger partial charge in [-0.3, -0.25) is 9.10 Å². The van der Waals surface area contributed by atoms with E-state index in [4.69, 9.17) is 18.9 Å². The van der Waals surface area contributed by atoms with Gasteiger partial charge in [0.05, 0.1) is 45.1 Å². The summed E-state index contributed by atoms with van der Waals surface area (Å²) in [4.78, 5) is 13.7. The number of carbonyl (C=O) groups is 1. The van der Waals surface area contributed by atoms with Crippen molar-refractivity contribution in [3.05, 3.63) is 108 Å². The second kappa shape index (κ2) is 13.3. The van der Waals surface area contributed by atoms with Gasteiger partial charge in [0.2, 0.25) is 5.91 Å². The molecule has 0 aliphatic carbocycles. The highest BCUT2D eigenvalue weighted by atomic mass is 32.2. The van der Waals surface area contributed by atoms with Crippen LogP contribution in [0, 0.1) is 6.92 Å². The molecular formula is C32H34N2O7S. The Labute approximate surface area is 246 Å². The first-order chi connectivity index (χ1) is 20.2. The zero-order chi connectivity index (χ0) is 30.3. The Kier molecular flexibility index (Phi) is 9.59. The van der Waals surface area contributed by atoms with E-state index in [-0.39, 0.29) is 22.1 Å². The Morgan fingerprint density at radius 2 is 1.40 bits per heavy atom. The van der Waals surface area contributed by atoms with Crippen LogP contribution < -0.4 is 28.6 Å². The van der Waals surface area contributed by atoms with Crippen molar-refractivity contribution in [3.8, 4) is 23.0 Å². The van der Waals surface area contributed by atoms with Crippen molar-refractivity contribution >= 4 is 21.6 Å². The Bertz CT molecular complexity index is 1640. The number of benzene rings is 4. The molecule has 1 amide bonds. The average molecular weight is 591 g/mol. The number of nitrogens with zero attached hydrogens (tertiary/aromatic N) is 1. The SMILES string of the molecule is COc1ccc(OC)c(N(CC(=O)N[C@@H](c2ccccc2)c2ccccc2C)S(=O)(=O)c2ccc(OC)c(OC)c2)c1. The van der Waals surface area contributed by atoms with Gasteiger partial charge in [-0.05, 0) is 47.9 Å². The number of hydrogen-bond donors (Lipinski definition) is 1. The number of aryl methyl sites for hydroxylation is 1. The summed E-state index contributed by atoms with van der Waals surface area (Å²) in [6.45, 7) is 1.42. The summed E-state index contributed by atoms with van der Waals surface area (Å²) in [5.74, 6) is 0.695. The molecule has 0 aliphatic rings. The normalized spacial score (nSPS) is 11.7. The molecule has 0 heterocycles. The van der Waals surface area contributed by atoms with E-state index in [1.807, 2.05) is 61.5 Å². The van der Waals surface area contributed by atoms with E-state index in [0.29, 0.717) is 11.5 Å². The Hall–Kier alpha value is -4.70. The number of hydrogen-bond acceptors (Lipinski definition) is 7. The lowest BCUT2D eigenvalue weighted by Crippen LogP contribution is -2.42. The molecule has 0 saturated carbocycles. The summed E-state index contributed by atoms with van der Waals surface area (Å²) in [7, 11) is 1.44. The van der Waals surface area contributed by atoms with Gasteiger partial charge in [-0.25, -0.2) is 8.42 Å². The van der Waals surface area contributed by atoms with Crippen molar-refractivity contribution in [2.45, 2.75) is 17.9 Å². The molecule has 0 aliphatic heterocycles. The highest BCUT2D eigenvalue weighted by molar-refractivity contribution is 7.92. The molecular weight excluding hydrogens is 556 g/mol. The number of anilines is 1. The zero-order valence-corrected chi connectivity index (χ0v) is 25.0. The van der Waals surface area contributed by atoms with Crippen molar-refractivity contribution in [3.63, 3.8) is 0 Å². The molecule has 0 unspecified atom stereocenters. The molecule has 0 spiro atoms. The molecule has 0 bridgehead atoms. The third-order valence-electron chi connectivity index (χ3n) is 6.82. The first-order valence-electron chi connectivity index (χ1n) is 13.1. The first kappa shape index (κ1) is 30.3. The molecule has 1 atom stereocenters. The molecule has 220 valence electrons. The van der Waals surface area contributed by atoms with Crippen LogP contribution in [-0.2, 0) is 14.8 Å². The number of ether oxygens (including phenoxy) is 4. The van der Waals surface area contributed by atoms with Crippen LogP contribution in [0.15, 0.2) is 95.9 Å². The van der Waals surface area contributed by atoms with E-state index in [1.54, 1.807) is 12.1 Å². The molecule has 0 radical (unpaired) electrons. The lowest BCUT2D eigenvalue weighted by Gasteiger charge is -2.28. The standard InChI is InChI=1S/C32H34N2O7S/c1-22-11-9-10-14-26(22)32(23-12-7-6-8-13-23)33-31(35)21-34(27-19-24(38-2)15-17-28(27)39-3)42(36,37)25-16-18-29(40-4)30(20-25)41-5/h6-20,32H,21H2,1-5H3,(H,33,35)/t32-/m0/s1. The molecule has 1 N–H and O–H groups in total. The second-order valence-corrected chi connectivity index (χ2v) is 11.2. The molecule has 4 rings (SSSR count). The molecule has 4 aromatic carbocycles. The maximum Gasteiger partial charge on any atom is 0.265 e. The molecule has 0 aromatic heterocycles. The van der Waals surface area contributed by atoms with E-state index in [2.05, 4.69) is 5.32 Å². The number of sulfonamides is 1. The summed E-state index contributed by atoms with van der Waals surface area (Å²) >= 11 is 0. The average Bonchev–Trinajstić information content (AvgIpc) is 3.02. The fraction of sp³-hybridized carbons (Fsp3) is 0.219. The van der Waals surface area contributed by atoms with Crippen molar-refractivity contribution in [1.82, 2.24) is 5.32 Å². The first-order valence-corrected chi connectivity index (χ1v) is 14.5. The van der Waals surface area contributed by atoms with Crippen LogP contribution in [0.4, 0.5) is 5.69 Å². The summed E-state index contributed by atoms with van der Waals surface area (Å²) < 4.78 is 51.0. The van der Waals surface area contributed by atoms with Gasteiger partial charge < -0.3 is 24.3 Å². The number of carbonyl (C=O) groups excluding carboxylic acids is 1. The van der Waals surface area contributed by atoms with E-state index in [9.17, 15) is 13.2 Å². The van der Waals surface area contributed by atoms with Gasteiger partial charge in [0.25, 0.3) is 10.0 Å². The molecule has 0 saturated heterocycles. The number of rotatable bonds is 12. The molecule has 9 nitrogen and oxygen atoms in total. The maximum absolute atomic E-state index is 14.2. The van der Waals surface area contributed by atoms with Crippen LogP contribution in [-0.4, -0.2) is 49.3 Å².